The van der Waals surface area contributed by atoms with Crippen molar-refractivity contribution in [1.29, 1.82) is 0 Å². The van der Waals surface area contributed by atoms with Gasteiger partial charge >= 0.3 is 12.1 Å². The van der Waals surface area contributed by atoms with Crippen LogP contribution in [0.1, 0.15) is 43.9 Å². The van der Waals surface area contributed by atoms with E-state index < -0.39 is 6.09 Å². The van der Waals surface area contributed by atoms with Crippen LogP contribution in [0.25, 0.3) is 0 Å². The molecule has 148 valence electrons. The van der Waals surface area contributed by atoms with Crippen LogP contribution in [-0.2, 0) is 11.2 Å². The van der Waals surface area contributed by atoms with E-state index in [4.69, 9.17) is 4.74 Å². The molecule has 3 N–H and O–H groups in total. The minimum Gasteiger partial charge on any atom is -0.449 e. The third-order valence-electron chi connectivity index (χ3n) is 4.59. The molecule has 1 atom stereocenters. The van der Waals surface area contributed by atoms with Gasteiger partial charge in [-0.1, -0.05) is 44.2 Å². The van der Waals surface area contributed by atoms with Crippen molar-refractivity contribution >= 4 is 23.5 Å². The molecular formula is C22H27N3O3. The van der Waals surface area contributed by atoms with Crippen molar-refractivity contribution in [3.8, 4) is 0 Å². The fraction of sp³-hybridized carbons (Fsp3) is 0.364. The molecule has 0 aliphatic heterocycles. The van der Waals surface area contributed by atoms with Crippen LogP contribution in [-0.4, -0.2) is 18.7 Å². The van der Waals surface area contributed by atoms with Crippen molar-refractivity contribution in [3.05, 3.63) is 59.7 Å². The SMILES string of the molecule is CC(C)COC(=O)Nc1cccc(NC(=O)NC2CCCc3ccccc32)c1. The molecule has 28 heavy (non-hydrogen) atoms. The van der Waals surface area contributed by atoms with E-state index in [9.17, 15) is 9.59 Å². The van der Waals surface area contributed by atoms with Crippen LogP contribution in [0.15, 0.2) is 48.5 Å². The van der Waals surface area contributed by atoms with Crippen LogP contribution >= 0.6 is 0 Å². The molecule has 6 heteroatoms. The number of carbonyl (C=O) groups excluding carboxylic acids is 2. The molecule has 0 heterocycles. The Morgan fingerprint density at radius 3 is 2.61 bits per heavy atom. The zero-order valence-corrected chi connectivity index (χ0v) is 16.3. The highest BCUT2D eigenvalue weighted by atomic mass is 16.5. The summed E-state index contributed by atoms with van der Waals surface area (Å²) < 4.78 is 5.11. The lowest BCUT2D eigenvalue weighted by molar-refractivity contribution is 0.147. The van der Waals surface area contributed by atoms with Gasteiger partial charge in [0.1, 0.15) is 0 Å². The largest absolute Gasteiger partial charge is 0.449 e. The Bertz CT molecular complexity index is 835. The maximum atomic E-state index is 12.5. The van der Waals surface area contributed by atoms with Crippen LogP contribution in [0.2, 0.25) is 0 Å². The van der Waals surface area contributed by atoms with E-state index in [-0.39, 0.29) is 18.0 Å². The lowest BCUT2D eigenvalue weighted by Crippen LogP contribution is -2.34. The Balaban J connectivity index is 1.57. The summed E-state index contributed by atoms with van der Waals surface area (Å²) in [5.74, 6) is 0.271. The molecule has 3 rings (SSSR count). The molecule has 0 spiro atoms. The van der Waals surface area contributed by atoms with Crippen molar-refractivity contribution in [2.75, 3.05) is 17.2 Å². The molecule has 0 fully saturated rings. The maximum Gasteiger partial charge on any atom is 0.411 e. The van der Waals surface area contributed by atoms with Crippen molar-refractivity contribution in [3.63, 3.8) is 0 Å². The number of anilines is 2. The average Bonchev–Trinajstić information content (AvgIpc) is 2.67. The number of nitrogens with one attached hydrogen (secondary N) is 3. The van der Waals surface area contributed by atoms with Gasteiger partial charge in [0.05, 0.1) is 12.6 Å². The van der Waals surface area contributed by atoms with Crippen LogP contribution in [0, 0.1) is 5.92 Å². The number of fused-ring (bicyclic) bond motifs is 1. The van der Waals surface area contributed by atoms with E-state index in [0.717, 1.165) is 19.3 Å². The first-order valence-electron chi connectivity index (χ1n) is 9.70. The van der Waals surface area contributed by atoms with Gasteiger partial charge in [-0.3, -0.25) is 5.32 Å². The van der Waals surface area contributed by atoms with Crippen LogP contribution < -0.4 is 16.0 Å². The molecule has 1 aliphatic rings. The minimum absolute atomic E-state index is 0.0114. The number of benzene rings is 2. The molecule has 2 aromatic rings. The third kappa shape index (κ3) is 5.49. The van der Waals surface area contributed by atoms with Gasteiger partial charge in [0.25, 0.3) is 0 Å². The molecule has 0 saturated heterocycles. The summed E-state index contributed by atoms with van der Waals surface area (Å²) in [7, 11) is 0. The molecule has 3 amide bonds. The minimum atomic E-state index is -0.505. The lowest BCUT2D eigenvalue weighted by atomic mass is 9.88. The number of rotatable bonds is 5. The predicted octanol–water partition coefficient (Wildman–Crippen LogP) is 5.09. The molecule has 0 radical (unpaired) electrons. The first-order chi connectivity index (χ1) is 13.5. The molecule has 1 unspecified atom stereocenters. The van der Waals surface area contributed by atoms with Crippen LogP contribution in [0.5, 0.6) is 0 Å². The highest BCUT2D eigenvalue weighted by molar-refractivity contribution is 5.91. The summed E-state index contributed by atoms with van der Waals surface area (Å²) in [6, 6.07) is 15.0. The third-order valence-corrected chi connectivity index (χ3v) is 4.59. The number of ether oxygens (including phenoxy) is 1. The van der Waals surface area contributed by atoms with E-state index in [1.54, 1.807) is 24.3 Å². The fourth-order valence-corrected chi connectivity index (χ4v) is 3.30. The van der Waals surface area contributed by atoms with Crippen LogP contribution in [0.4, 0.5) is 21.0 Å². The quantitative estimate of drug-likeness (QED) is 0.675. The molecule has 1 aliphatic carbocycles. The second kappa shape index (κ2) is 9.26. The Hall–Kier alpha value is -3.02. The number of carbonyl (C=O) groups is 2. The van der Waals surface area contributed by atoms with Crippen LogP contribution in [0.3, 0.4) is 0 Å². The molecule has 0 bridgehead atoms. The van der Waals surface area contributed by atoms with Gasteiger partial charge in [0.15, 0.2) is 0 Å². The number of hydrogen-bond acceptors (Lipinski definition) is 3. The monoisotopic (exact) mass is 381 g/mol. The zero-order valence-electron chi connectivity index (χ0n) is 16.3. The normalized spacial score (nSPS) is 15.5. The zero-order chi connectivity index (χ0) is 19.9. The smallest absolute Gasteiger partial charge is 0.411 e. The summed E-state index contributed by atoms with van der Waals surface area (Å²) in [5.41, 5.74) is 3.65. The van der Waals surface area contributed by atoms with Gasteiger partial charge < -0.3 is 15.4 Å². The first kappa shape index (κ1) is 19.7. The molecule has 0 aromatic heterocycles. The highest BCUT2D eigenvalue weighted by Crippen LogP contribution is 2.29. The van der Waals surface area contributed by atoms with E-state index in [0.29, 0.717) is 18.0 Å². The van der Waals surface area contributed by atoms with Crippen molar-refractivity contribution < 1.29 is 14.3 Å². The Kier molecular flexibility index (Phi) is 6.53. The van der Waals surface area contributed by atoms with E-state index in [1.165, 1.54) is 11.1 Å². The Morgan fingerprint density at radius 2 is 1.82 bits per heavy atom. The molecule has 6 nitrogen and oxygen atoms in total. The van der Waals surface area contributed by atoms with Gasteiger partial charge in [-0.2, -0.15) is 0 Å². The number of urea groups is 1. The number of amides is 3. The topological polar surface area (TPSA) is 79.5 Å². The predicted molar refractivity (Wildman–Crippen MR) is 111 cm³/mol. The number of aryl methyl sites for hydroxylation is 1. The van der Waals surface area contributed by atoms with Gasteiger partial charge in [-0.05, 0) is 54.5 Å². The second-order valence-electron chi connectivity index (χ2n) is 7.44. The van der Waals surface area contributed by atoms with E-state index in [2.05, 4.69) is 28.1 Å². The number of hydrogen-bond donors (Lipinski definition) is 3. The standard InChI is InChI=1S/C22H27N3O3/c1-15(2)14-28-22(27)24-18-10-6-9-17(13-18)23-21(26)25-20-12-5-8-16-7-3-4-11-19(16)20/h3-4,6-7,9-11,13,15,20H,5,8,12,14H2,1-2H3,(H,24,27)(H2,23,25,26). The van der Waals surface area contributed by atoms with Crippen molar-refractivity contribution in [2.45, 2.75) is 39.2 Å². The summed E-state index contributed by atoms with van der Waals surface area (Å²) >= 11 is 0. The van der Waals surface area contributed by atoms with Crippen molar-refractivity contribution in [1.82, 2.24) is 5.32 Å². The Morgan fingerprint density at radius 1 is 1.07 bits per heavy atom. The second-order valence-corrected chi connectivity index (χ2v) is 7.44. The summed E-state index contributed by atoms with van der Waals surface area (Å²) in [4.78, 5) is 24.3. The Labute approximate surface area is 165 Å². The fourth-order valence-electron chi connectivity index (χ4n) is 3.30. The summed E-state index contributed by atoms with van der Waals surface area (Å²) in [5, 5.41) is 8.57. The lowest BCUT2D eigenvalue weighted by Gasteiger charge is -2.26. The van der Waals surface area contributed by atoms with E-state index >= 15 is 0 Å². The van der Waals surface area contributed by atoms with Gasteiger partial charge in [-0.25, -0.2) is 9.59 Å². The maximum absolute atomic E-state index is 12.5. The van der Waals surface area contributed by atoms with Crippen molar-refractivity contribution in [2.24, 2.45) is 5.92 Å². The first-order valence-corrected chi connectivity index (χ1v) is 9.70. The average molecular weight is 381 g/mol. The van der Waals surface area contributed by atoms with Gasteiger partial charge in [-0.15, -0.1) is 0 Å². The molecule has 0 saturated carbocycles. The summed E-state index contributed by atoms with van der Waals surface area (Å²) in [6.07, 6.45) is 2.53. The highest BCUT2D eigenvalue weighted by Gasteiger charge is 2.21. The van der Waals surface area contributed by atoms with E-state index in [1.807, 2.05) is 26.0 Å². The van der Waals surface area contributed by atoms with Gasteiger partial charge in [0, 0.05) is 11.4 Å². The molecular weight excluding hydrogens is 354 g/mol. The van der Waals surface area contributed by atoms with Gasteiger partial charge in [0.2, 0.25) is 0 Å². The summed E-state index contributed by atoms with van der Waals surface area (Å²) in [6.45, 7) is 4.30. The molecule has 2 aromatic carbocycles.